The smallest absolute Gasteiger partial charge is 0.0158 e. The van der Waals surface area contributed by atoms with Gasteiger partial charge in [-0.25, -0.2) is 0 Å². The largest absolute Gasteiger partial charge is 0.325 e. The summed E-state index contributed by atoms with van der Waals surface area (Å²) in [5.41, 5.74) is 6.35. The maximum absolute atomic E-state index is 6.12. The molecule has 1 unspecified atom stereocenters. The molecule has 1 aliphatic carbocycles. The number of hydrogen-bond donors (Lipinski definition) is 2. The van der Waals surface area contributed by atoms with Crippen molar-refractivity contribution in [3.63, 3.8) is 0 Å². The molecule has 1 saturated carbocycles. The van der Waals surface area contributed by atoms with Gasteiger partial charge >= 0.3 is 0 Å². The highest BCUT2D eigenvalue weighted by molar-refractivity contribution is 4.99. The zero-order chi connectivity index (χ0) is 10.0. The summed E-state index contributed by atoms with van der Waals surface area (Å²) in [6, 6.07) is 0. The van der Waals surface area contributed by atoms with Gasteiger partial charge in [0.15, 0.2) is 0 Å². The first-order chi connectivity index (χ1) is 6.68. The number of hydrogen-bond acceptors (Lipinski definition) is 3. The summed E-state index contributed by atoms with van der Waals surface area (Å²) in [5.74, 6) is 0.764. The van der Waals surface area contributed by atoms with Crippen molar-refractivity contribution in [2.75, 3.05) is 32.7 Å². The lowest BCUT2D eigenvalue weighted by molar-refractivity contribution is 0.202. The van der Waals surface area contributed by atoms with E-state index in [1.54, 1.807) is 0 Å². The van der Waals surface area contributed by atoms with E-state index in [2.05, 4.69) is 17.1 Å². The lowest BCUT2D eigenvalue weighted by Gasteiger charge is -2.30. The lowest BCUT2D eigenvalue weighted by Crippen LogP contribution is -2.45. The Morgan fingerprint density at radius 1 is 1.36 bits per heavy atom. The monoisotopic (exact) mass is 197 g/mol. The van der Waals surface area contributed by atoms with Gasteiger partial charge in [0.1, 0.15) is 0 Å². The average molecular weight is 197 g/mol. The Balaban J connectivity index is 1.67. The Labute approximate surface area is 87.0 Å². The van der Waals surface area contributed by atoms with Crippen LogP contribution in [-0.2, 0) is 0 Å². The van der Waals surface area contributed by atoms with Crippen LogP contribution >= 0.6 is 0 Å². The molecule has 0 amide bonds. The van der Waals surface area contributed by atoms with Gasteiger partial charge in [-0.15, -0.1) is 0 Å². The molecule has 1 atom stereocenters. The number of nitrogens with zero attached hydrogens (tertiary/aromatic N) is 1. The zero-order valence-corrected chi connectivity index (χ0v) is 9.26. The van der Waals surface area contributed by atoms with Crippen LogP contribution in [0.3, 0.4) is 0 Å². The number of rotatable bonds is 4. The fraction of sp³-hybridized carbons (Fsp3) is 1.00. The summed E-state index contributed by atoms with van der Waals surface area (Å²) in [6.07, 6.45) is 3.72. The van der Waals surface area contributed by atoms with Crippen LogP contribution in [0.2, 0.25) is 0 Å². The molecule has 1 aliphatic heterocycles. The average Bonchev–Trinajstić information content (AvgIpc) is 2.84. The molecular formula is C11H23N3. The van der Waals surface area contributed by atoms with Gasteiger partial charge in [0.2, 0.25) is 0 Å². The third kappa shape index (κ3) is 2.94. The molecule has 2 aliphatic rings. The normalized spacial score (nSPS) is 28.7. The molecule has 0 spiro atoms. The van der Waals surface area contributed by atoms with Gasteiger partial charge in [-0.1, -0.05) is 6.92 Å². The van der Waals surface area contributed by atoms with E-state index < -0.39 is 0 Å². The molecule has 0 radical (unpaired) electrons. The highest BCUT2D eigenvalue weighted by atomic mass is 15.2. The number of piperazine rings is 1. The van der Waals surface area contributed by atoms with E-state index in [4.69, 9.17) is 5.73 Å². The third-order valence-corrected chi connectivity index (χ3v) is 3.43. The Hall–Kier alpha value is -0.120. The summed E-state index contributed by atoms with van der Waals surface area (Å²) in [4.78, 5) is 2.56. The standard InChI is InChI=1S/C11H23N3/c1-10(8-11(12)2-3-11)9-14-6-4-13-5-7-14/h10,13H,2-9,12H2,1H3. The second-order valence-corrected chi connectivity index (χ2v) is 5.22. The van der Waals surface area contributed by atoms with E-state index in [-0.39, 0.29) is 5.54 Å². The first kappa shape index (κ1) is 10.4. The summed E-state index contributed by atoms with van der Waals surface area (Å²) in [5, 5.41) is 3.38. The number of nitrogens with two attached hydrogens (primary N) is 1. The van der Waals surface area contributed by atoms with Crippen LogP contribution in [0.5, 0.6) is 0 Å². The van der Waals surface area contributed by atoms with E-state index in [9.17, 15) is 0 Å². The first-order valence-corrected chi connectivity index (χ1v) is 5.90. The molecular weight excluding hydrogens is 174 g/mol. The van der Waals surface area contributed by atoms with Gasteiger partial charge in [-0.2, -0.15) is 0 Å². The Morgan fingerprint density at radius 3 is 2.57 bits per heavy atom. The molecule has 3 N–H and O–H groups in total. The Kier molecular flexibility index (Phi) is 3.10. The van der Waals surface area contributed by atoms with Gasteiger partial charge in [-0.05, 0) is 25.2 Å². The zero-order valence-electron chi connectivity index (χ0n) is 9.26. The minimum Gasteiger partial charge on any atom is -0.325 e. The first-order valence-electron chi connectivity index (χ1n) is 5.90. The van der Waals surface area contributed by atoms with Crippen molar-refractivity contribution >= 4 is 0 Å². The second kappa shape index (κ2) is 4.17. The SMILES string of the molecule is CC(CN1CCNCC1)CC1(N)CC1. The lowest BCUT2D eigenvalue weighted by atomic mass is 10.00. The van der Waals surface area contributed by atoms with Crippen molar-refractivity contribution in [1.29, 1.82) is 0 Å². The summed E-state index contributed by atoms with van der Waals surface area (Å²) in [6.45, 7) is 8.31. The van der Waals surface area contributed by atoms with Crippen LogP contribution in [0.1, 0.15) is 26.2 Å². The fourth-order valence-electron chi connectivity index (χ4n) is 2.46. The molecule has 2 rings (SSSR count). The van der Waals surface area contributed by atoms with Crippen molar-refractivity contribution in [3.8, 4) is 0 Å². The van der Waals surface area contributed by atoms with E-state index in [1.165, 1.54) is 38.9 Å². The topological polar surface area (TPSA) is 41.3 Å². The maximum atomic E-state index is 6.12. The van der Waals surface area contributed by atoms with Crippen LogP contribution in [0.25, 0.3) is 0 Å². The molecule has 3 heteroatoms. The molecule has 0 aromatic heterocycles. The molecule has 2 fully saturated rings. The van der Waals surface area contributed by atoms with Gasteiger partial charge in [0.25, 0.3) is 0 Å². The van der Waals surface area contributed by atoms with Gasteiger partial charge in [0, 0.05) is 38.3 Å². The van der Waals surface area contributed by atoms with Crippen molar-refractivity contribution in [3.05, 3.63) is 0 Å². The van der Waals surface area contributed by atoms with Crippen molar-refractivity contribution in [2.45, 2.75) is 31.7 Å². The van der Waals surface area contributed by atoms with Crippen LogP contribution in [0, 0.1) is 5.92 Å². The fourth-order valence-corrected chi connectivity index (χ4v) is 2.46. The molecule has 0 bridgehead atoms. The van der Waals surface area contributed by atoms with E-state index in [1.807, 2.05) is 0 Å². The maximum Gasteiger partial charge on any atom is 0.0158 e. The molecule has 14 heavy (non-hydrogen) atoms. The van der Waals surface area contributed by atoms with Gasteiger partial charge in [0.05, 0.1) is 0 Å². The molecule has 3 nitrogen and oxygen atoms in total. The molecule has 1 heterocycles. The minimum atomic E-state index is 0.230. The summed E-state index contributed by atoms with van der Waals surface area (Å²) < 4.78 is 0. The second-order valence-electron chi connectivity index (χ2n) is 5.22. The third-order valence-electron chi connectivity index (χ3n) is 3.43. The predicted molar refractivity (Wildman–Crippen MR) is 59.2 cm³/mol. The van der Waals surface area contributed by atoms with E-state index >= 15 is 0 Å². The Bertz CT molecular complexity index is 183. The molecule has 82 valence electrons. The highest BCUT2D eigenvalue weighted by Gasteiger charge is 2.39. The van der Waals surface area contributed by atoms with E-state index in [0.717, 1.165) is 19.0 Å². The Morgan fingerprint density at radius 2 is 2.00 bits per heavy atom. The molecule has 0 aromatic carbocycles. The van der Waals surface area contributed by atoms with Gasteiger partial charge < -0.3 is 16.0 Å². The van der Waals surface area contributed by atoms with Crippen LogP contribution in [-0.4, -0.2) is 43.2 Å². The van der Waals surface area contributed by atoms with Crippen molar-refractivity contribution in [2.24, 2.45) is 11.7 Å². The molecule has 0 aromatic rings. The van der Waals surface area contributed by atoms with Crippen LogP contribution < -0.4 is 11.1 Å². The highest BCUT2D eigenvalue weighted by Crippen LogP contribution is 2.38. The quantitative estimate of drug-likeness (QED) is 0.686. The van der Waals surface area contributed by atoms with Crippen LogP contribution in [0.15, 0.2) is 0 Å². The van der Waals surface area contributed by atoms with Gasteiger partial charge in [-0.3, -0.25) is 0 Å². The van der Waals surface area contributed by atoms with Crippen molar-refractivity contribution in [1.82, 2.24) is 10.2 Å². The predicted octanol–water partition coefficient (Wildman–Crippen LogP) is 0.409. The number of nitrogens with one attached hydrogen (secondary N) is 1. The van der Waals surface area contributed by atoms with E-state index in [0.29, 0.717) is 0 Å². The molecule has 1 saturated heterocycles. The summed E-state index contributed by atoms with van der Waals surface area (Å²) in [7, 11) is 0. The van der Waals surface area contributed by atoms with Crippen molar-refractivity contribution < 1.29 is 0 Å². The minimum absolute atomic E-state index is 0.230. The van der Waals surface area contributed by atoms with Crippen LogP contribution in [0.4, 0.5) is 0 Å². The summed E-state index contributed by atoms with van der Waals surface area (Å²) >= 11 is 0.